The molecule has 4 heteroatoms. The van der Waals surface area contributed by atoms with Crippen LogP contribution in [0.15, 0.2) is 11.6 Å². The Bertz CT molecular complexity index is 462. The van der Waals surface area contributed by atoms with Gasteiger partial charge >= 0.3 is 0 Å². The number of likely N-dealkylation sites (tertiary alicyclic amines) is 1. The average Bonchev–Trinajstić information content (AvgIpc) is 2.40. The van der Waals surface area contributed by atoms with Crippen molar-refractivity contribution >= 4 is 5.78 Å². The Labute approximate surface area is 120 Å². The van der Waals surface area contributed by atoms with Gasteiger partial charge in [0, 0.05) is 19.0 Å². The molecule has 1 saturated heterocycles. The lowest BCUT2D eigenvalue weighted by atomic mass is 9.60. The number of hydrogen-bond donors (Lipinski definition) is 1. The van der Waals surface area contributed by atoms with Gasteiger partial charge in [-0.15, -0.1) is 0 Å². The van der Waals surface area contributed by atoms with Crippen molar-refractivity contribution in [2.24, 2.45) is 23.7 Å². The molecule has 0 amide bonds. The van der Waals surface area contributed by atoms with Crippen molar-refractivity contribution in [2.75, 3.05) is 26.2 Å². The van der Waals surface area contributed by atoms with Gasteiger partial charge in [0.2, 0.25) is 0 Å². The predicted molar refractivity (Wildman–Crippen MR) is 74.7 cm³/mol. The molecule has 0 radical (unpaired) electrons. The lowest BCUT2D eigenvalue weighted by molar-refractivity contribution is -0.126. The quantitative estimate of drug-likeness (QED) is 0.844. The number of carbonyl (C=O) groups excluding carboxylic acids is 1. The molecule has 1 saturated carbocycles. The smallest absolute Gasteiger partial charge is 0.176 e. The largest absolute Gasteiger partial charge is 0.395 e. The van der Waals surface area contributed by atoms with Gasteiger partial charge in [-0.25, -0.2) is 0 Å². The van der Waals surface area contributed by atoms with Gasteiger partial charge in [0.25, 0.3) is 0 Å². The molecule has 0 aromatic heterocycles. The van der Waals surface area contributed by atoms with E-state index in [9.17, 15) is 10.1 Å². The molecule has 2 fully saturated rings. The summed E-state index contributed by atoms with van der Waals surface area (Å²) in [5.74, 6) is 1.43. The molecule has 3 atom stereocenters. The topological polar surface area (TPSA) is 64.3 Å². The lowest BCUT2D eigenvalue weighted by Gasteiger charge is -2.47. The minimum absolute atomic E-state index is 0.0877. The van der Waals surface area contributed by atoms with Gasteiger partial charge in [0.1, 0.15) is 6.07 Å². The van der Waals surface area contributed by atoms with Crippen molar-refractivity contribution in [2.45, 2.75) is 25.7 Å². The maximum absolute atomic E-state index is 12.5. The first-order valence-electron chi connectivity index (χ1n) is 7.74. The third-order valence-corrected chi connectivity index (χ3v) is 5.40. The zero-order chi connectivity index (χ0) is 14.1. The number of aliphatic hydroxyl groups excluding tert-OH is 1. The first-order chi connectivity index (χ1) is 9.74. The highest BCUT2D eigenvalue weighted by atomic mass is 16.3. The lowest BCUT2D eigenvalue weighted by Crippen LogP contribution is -2.49. The van der Waals surface area contributed by atoms with Crippen LogP contribution >= 0.6 is 0 Å². The van der Waals surface area contributed by atoms with Crippen LogP contribution in [-0.2, 0) is 4.79 Å². The average molecular weight is 274 g/mol. The van der Waals surface area contributed by atoms with Gasteiger partial charge in [0.15, 0.2) is 5.78 Å². The molecule has 0 aromatic rings. The maximum Gasteiger partial charge on any atom is 0.176 e. The number of piperidine rings is 1. The summed E-state index contributed by atoms with van der Waals surface area (Å²) in [4.78, 5) is 14.8. The number of rotatable bonds is 3. The second kappa shape index (κ2) is 5.67. The van der Waals surface area contributed by atoms with Crippen molar-refractivity contribution in [3.63, 3.8) is 0 Å². The molecule has 3 aliphatic rings. The standard InChI is InChI=1S/C16H22N2O2/c17-9-12-8-13-10-18(6-7-19)5-4-14(13)15(16(12)20)11-2-1-3-11/h8,11,13-15,19H,1-7,10H2/t13?,14-,15?/m0/s1. The van der Waals surface area contributed by atoms with Crippen molar-refractivity contribution in [3.8, 4) is 6.07 Å². The van der Waals surface area contributed by atoms with Crippen molar-refractivity contribution in [1.29, 1.82) is 5.26 Å². The van der Waals surface area contributed by atoms with E-state index in [0.717, 1.165) is 32.4 Å². The summed E-state index contributed by atoms with van der Waals surface area (Å²) in [6, 6.07) is 2.11. The highest BCUT2D eigenvalue weighted by Crippen LogP contribution is 2.46. The molecule has 1 N–H and O–H groups in total. The van der Waals surface area contributed by atoms with Gasteiger partial charge in [-0.2, -0.15) is 5.26 Å². The molecule has 3 rings (SSSR count). The maximum atomic E-state index is 12.5. The third-order valence-electron chi connectivity index (χ3n) is 5.40. The van der Waals surface area contributed by atoms with Gasteiger partial charge < -0.3 is 10.0 Å². The summed E-state index contributed by atoms with van der Waals surface area (Å²) in [5.41, 5.74) is 0.383. The SMILES string of the molecule is N#CC1=CC2CN(CCO)CC[C@@H]2C(C2CCC2)C1=O. The molecule has 0 aromatic carbocycles. The van der Waals surface area contributed by atoms with E-state index in [1.165, 1.54) is 6.42 Å². The molecule has 20 heavy (non-hydrogen) atoms. The molecule has 0 spiro atoms. The van der Waals surface area contributed by atoms with Crippen molar-refractivity contribution in [1.82, 2.24) is 4.90 Å². The van der Waals surface area contributed by atoms with E-state index in [2.05, 4.69) is 11.0 Å². The molecule has 4 nitrogen and oxygen atoms in total. The number of allylic oxidation sites excluding steroid dienone is 1. The third kappa shape index (κ3) is 2.30. The van der Waals surface area contributed by atoms with E-state index in [0.29, 0.717) is 29.9 Å². The van der Waals surface area contributed by atoms with Crippen LogP contribution in [-0.4, -0.2) is 42.0 Å². The Hall–Kier alpha value is -1.18. The number of aliphatic hydroxyl groups is 1. The number of nitriles is 1. The number of carbonyl (C=O) groups is 1. The van der Waals surface area contributed by atoms with Crippen LogP contribution in [0.5, 0.6) is 0 Å². The Kier molecular flexibility index (Phi) is 3.91. The van der Waals surface area contributed by atoms with E-state index in [1.807, 2.05) is 6.08 Å². The normalized spacial score (nSPS) is 34.9. The minimum atomic E-state index is 0.0877. The molecule has 1 heterocycles. The first-order valence-corrected chi connectivity index (χ1v) is 7.74. The van der Waals surface area contributed by atoms with Gasteiger partial charge in [-0.3, -0.25) is 4.79 Å². The summed E-state index contributed by atoms with van der Waals surface area (Å²) in [7, 11) is 0. The van der Waals surface area contributed by atoms with Gasteiger partial charge in [-0.1, -0.05) is 12.5 Å². The Morgan fingerprint density at radius 1 is 1.40 bits per heavy atom. The van der Waals surface area contributed by atoms with Crippen molar-refractivity contribution < 1.29 is 9.90 Å². The number of fused-ring (bicyclic) bond motifs is 1. The minimum Gasteiger partial charge on any atom is -0.395 e. The molecule has 2 unspecified atom stereocenters. The summed E-state index contributed by atoms with van der Waals surface area (Å²) >= 11 is 0. The van der Waals surface area contributed by atoms with E-state index < -0.39 is 0 Å². The molecule has 1 aliphatic heterocycles. The molecule has 2 aliphatic carbocycles. The summed E-state index contributed by atoms with van der Waals surface area (Å²) in [6.45, 7) is 2.72. The van der Waals surface area contributed by atoms with Gasteiger partial charge in [-0.05, 0) is 43.6 Å². The van der Waals surface area contributed by atoms with Crippen LogP contribution < -0.4 is 0 Å². The van der Waals surface area contributed by atoms with E-state index in [4.69, 9.17) is 5.11 Å². The molecule has 108 valence electrons. The second-order valence-electron chi connectivity index (χ2n) is 6.41. The number of ketones is 1. The van der Waals surface area contributed by atoms with E-state index in [-0.39, 0.29) is 18.3 Å². The van der Waals surface area contributed by atoms with E-state index >= 15 is 0 Å². The van der Waals surface area contributed by atoms with Crippen LogP contribution in [0, 0.1) is 35.0 Å². The van der Waals surface area contributed by atoms with Crippen LogP contribution in [0.2, 0.25) is 0 Å². The van der Waals surface area contributed by atoms with Crippen LogP contribution in [0.25, 0.3) is 0 Å². The molecular weight excluding hydrogens is 252 g/mol. The highest BCUT2D eigenvalue weighted by molar-refractivity contribution is 6.02. The highest BCUT2D eigenvalue weighted by Gasteiger charge is 2.46. The molecule has 0 bridgehead atoms. The molecular formula is C16H22N2O2. The van der Waals surface area contributed by atoms with Crippen LogP contribution in [0.4, 0.5) is 0 Å². The number of nitrogens with zero attached hydrogens (tertiary/aromatic N) is 2. The second-order valence-corrected chi connectivity index (χ2v) is 6.41. The van der Waals surface area contributed by atoms with Crippen LogP contribution in [0.3, 0.4) is 0 Å². The monoisotopic (exact) mass is 274 g/mol. The fraction of sp³-hybridized carbons (Fsp3) is 0.750. The number of Topliss-reactive ketones (excluding diaryl/α,β-unsaturated/α-hetero) is 1. The van der Waals surface area contributed by atoms with Crippen LogP contribution in [0.1, 0.15) is 25.7 Å². The summed E-state index contributed by atoms with van der Waals surface area (Å²) in [6.07, 6.45) is 6.46. The van der Waals surface area contributed by atoms with E-state index in [1.54, 1.807) is 0 Å². The Morgan fingerprint density at radius 3 is 2.80 bits per heavy atom. The van der Waals surface area contributed by atoms with Gasteiger partial charge in [0.05, 0.1) is 12.2 Å². The zero-order valence-corrected chi connectivity index (χ0v) is 11.8. The Morgan fingerprint density at radius 2 is 2.20 bits per heavy atom. The number of β-amino-alcohol motifs (C(OH)–C–C–N with tert-alkyl or cyclic N) is 1. The van der Waals surface area contributed by atoms with Crippen molar-refractivity contribution in [3.05, 3.63) is 11.6 Å². The zero-order valence-electron chi connectivity index (χ0n) is 11.8. The predicted octanol–water partition coefficient (Wildman–Crippen LogP) is 1.37. The first kappa shape index (κ1) is 13.8. The summed E-state index contributed by atoms with van der Waals surface area (Å²) in [5, 5.41) is 18.3. The number of hydrogen-bond acceptors (Lipinski definition) is 4. The summed E-state index contributed by atoms with van der Waals surface area (Å²) < 4.78 is 0. The Balaban J connectivity index is 1.83. The fourth-order valence-electron chi connectivity index (χ4n) is 4.16. The fourth-order valence-corrected chi connectivity index (χ4v) is 4.16.